The highest BCUT2D eigenvalue weighted by Gasteiger charge is 2.08. The van der Waals surface area contributed by atoms with E-state index >= 15 is 0 Å². The lowest BCUT2D eigenvalue weighted by atomic mass is 10.2. The van der Waals surface area contributed by atoms with Crippen molar-refractivity contribution >= 4 is 28.3 Å². The molecule has 0 aliphatic heterocycles. The van der Waals surface area contributed by atoms with E-state index in [1.54, 1.807) is 6.20 Å². The number of hydrogen-bond donors (Lipinski definition) is 1. The Balaban J connectivity index is 2.13. The first-order chi connectivity index (χ1) is 8.76. The SMILES string of the molecule is CNc1ccnc(-c2cc3cc(Cl)ccc3o2)c1. The van der Waals surface area contributed by atoms with Gasteiger partial charge in [0, 0.05) is 29.3 Å². The molecular weight excluding hydrogens is 248 g/mol. The lowest BCUT2D eigenvalue weighted by Gasteiger charge is -2.00. The lowest BCUT2D eigenvalue weighted by molar-refractivity contribution is 0.629. The number of nitrogens with zero attached hydrogens (tertiary/aromatic N) is 1. The van der Waals surface area contributed by atoms with E-state index in [1.165, 1.54) is 0 Å². The number of furan rings is 1. The summed E-state index contributed by atoms with van der Waals surface area (Å²) in [5.74, 6) is 0.740. The van der Waals surface area contributed by atoms with Crippen LogP contribution in [0.25, 0.3) is 22.4 Å². The Morgan fingerprint density at radius 3 is 2.89 bits per heavy atom. The van der Waals surface area contributed by atoms with E-state index < -0.39 is 0 Å². The monoisotopic (exact) mass is 258 g/mol. The summed E-state index contributed by atoms with van der Waals surface area (Å²) in [6.45, 7) is 0. The molecule has 0 fully saturated rings. The Morgan fingerprint density at radius 1 is 1.17 bits per heavy atom. The zero-order chi connectivity index (χ0) is 12.5. The minimum absolute atomic E-state index is 0.701. The van der Waals surface area contributed by atoms with Crippen molar-refractivity contribution in [1.82, 2.24) is 4.98 Å². The van der Waals surface area contributed by atoms with Crippen LogP contribution in [0.2, 0.25) is 5.02 Å². The third-order valence-electron chi connectivity index (χ3n) is 2.78. The molecule has 18 heavy (non-hydrogen) atoms. The van der Waals surface area contributed by atoms with Crippen molar-refractivity contribution in [3.63, 3.8) is 0 Å². The third kappa shape index (κ3) is 1.93. The number of anilines is 1. The predicted molar refractivity (Wildman–Crippen MR) is 74.0 cm³/mol. The van der Waals surface area contributed by atoms with Crippen molar-refractivity contribution in [1.29, 1.82) is 0 Å². The van der Waals surface area contributed by atoms with Crippen molar-refractivity contribution in [2.24, 2.45) is 0 Å². The molecule has 0 saturated heterocycles. The van der Waals surface area contributed by atoms with Gasteiger partial charge in [0.1, 0.15) is 11.3 Å². The number of halogens is 1. The molecule has 0 bridgehead atoms. The van der Waals surface area contributed by atoms with Gasteiger partial charge in [-0.2, -0.15) is 0 Å². The van der Waals surface area contributed by atoms with Crippen LogP contribution in [0.5, 0.6) is 0 Å². The quantitative estimate of drug-likeness (QED) is 0.749. The van der Waals surface area contributed by atoms with Crippen LogP contribution in [0.4, 0.5) is 5.69 Å². The van der Waals surface area contributed by atoms with Crippen LogP contribution in [0.1, 0.15) is 0 Å². The van der Waals surface area contributed by atoms with Crippen LogP contribution in [-0.4, -0.2) is 12.0 Å². The van der Waals surface area contributed by atoms with Crippen molar-refractivity contribution in [2.75, 3.05) is 12.4 Å². The molecule has 0 aliphatic carbocycles. The van der Waals surface area contributed by atoms with E-state index in [4.69, 9.17) is 16.0 Å². The molecule has 2 heterocycles. The van der Waals surface area contributed by atoms with Crippen LogP contribution >= 0.6 is 11.6 Å². The first-order valence-corrected chi connectivity index (χ1v) is 5.97. The highest BCUT2D eigenvalue weighted by Crippen LogP contribution is 2.29. The zero-order valence-corrected chi connectivity index (χ0v) is 10.5. The van der Waals surface area contributed by atoms with Crippen molar-refractivity contribution in [2.45, 2.75) is 0 Å². The van der Waals surface area contributed by atoms with Gasteiger partial charge in [0.05, 0.1) is 0 Å². The summed E-state index contributed by atoms with van der Waals surface area (Å²) < 4.78 is 5.76. The van der Waals surface area contributed by atoms with E-state index in [0.29, 0.717) is 5.02 Å². The topological polar surface area (TPSA) is 38.1 Å². The Morgan fingerprint density at radius 2 is 2.06 bits per heavy atom. The summed E-state index contributed by atoms with van der Waals surface area (Å²) in [5, 5.41) is 4.76. The smallest absolute Gasteiger partial charge is 0.153 e. The average molecular weight is 259 g/mol. The van der Waals surface area contributed by atoms with Crippen molar-refractivity contribution in [3.8, 4) is 11.5 Å². The molecule has 0 spiro atoms. The fourth-order valence-electron chi connectivity index (χ4n) is 1.86. The number of pyridine rings is 1. The van der Waals surface area contributed by atoms with Gasteiger partial charge in [-0.3, -0.25) is 4.98 Å². The normalized spacial score (nSPS) is 10.8. The van der Waals surface area contributed by atoms with Gasteiger partial charge in [0.25, 0.3) is 0 Å². The number of benzene rings is 1. The minimum atomic E-state index is 0.701. The first-order valence-electron chi connectivity index (χ1n) is 5.59. The average Bonchev–Trinajstić information content (AvgIpc) is 2.81. The maximum atomic E-state index is 5.95. The van der Waals surface area contributed by atoms with Crippen LogP contribution in [0, 0.1) is 0 Å². The Labute approximate surface area is 109 Å². The Kier molecular flexibility index (Phi) is 2.68. The molecule has 3 rings (SSSR count). The van der Waals surface area contributed by atoms with Crippen LogP contribution in [-0.2, 0) is 0 Å². The molecule has 3 nitrogen and oxygen atoms in total. The van der Waals surface area contributed by atoms with Crippen LogP contribution in [0.15, 0.2) is 47.0 Å². The summed E-state index contributed by atoms with van der Waals surface area (Å²) >= 11 is 5.95. The summed E-state index contributed by atoms with van der Waals surface area (Å²) in [7, 11) is 1.87. The summed E-state index contributed by atoms with van der Waals surface area (Å²) in [5.41, 5.74) is 2.61. The Hall–Kier alpha value is -2.00. The van der Waals surface area contributed by atoms with E-state index in [2.05, 4.69) is 10.3 Å². The third-order valence-corrected chi connectivity index (χ3v) is 3.01. The van der Waals surface area contributed by atoms with E-state index in [0.717, 1.165) is 28.1 Å². The van der Waals surface area contributed by atoms with Crippen LogP contribution in [0.3, 0.4) is 0 Å². The molecule has 0 amide bonds. The van der Waals surface area contributed by atoms with Gasteiger partial charge >= 0.3 is 0 Å². The standard InChI is InChI=1S/C14H11ClN2O/c1-16-11-4-5-17-12(8-11)14-7-9-6-10(15)2-3-13(9)18-14/h2-8H,1H3,(H,16,17). The van der Waals surface area contributed by atoms with Gasteiger partial charge < -0.3 is 9.73 Å². The molecule has 0 saturated carbocycles. The fourth-order valence-corrected chi connectivity index (χ4v) is 2.04. The van der Waals surface area contributed by atoms with Gasteiger partial charge in [-0.05, 0) is 36.4 Å². The van der Waals surface area contributed by atoms with E-state index in [9.17, 15) is 0 Å². The molecule has 1 N–H and O–H groups in total. The molecular formula is C14H11ClN2O. The van der Waals surface area contributed by atoms with Crippen molar-refractivity contribution < 1.29 is 4.42 Å². The molecule has 0 aliphatic rings. The fraction of sp³-hybridized carbons (Fsp3) is 0.0714. The van der Waals surface area contributed by atoms with Gasteiger partial charge in [-0.25, -0.2) is 0 Å². The van der Waals surface area contributed by atoms with Gasteiger partial charge in [-0.1, -0.05) is 11.6 Å². The van der Waals surface area contributed by atoms with E-state index in [-0.39, 0.29) is 0 Å². The maximum Gasteiger partial charge on any atom is 0.153 e. The predicted octanol–water partition coefficient (Wildman–Crippen LogP) is 4.19. The molecule has 0 unspecified atom stereocenters. The molecule has 3 aromatic rings. The Bertz CT molecular complexity index is 706. The minimum Gasteiger partial charge on any atom is -0.454 e. The molecule has 2 aromatic heterocycles. The largest absolute Gasteiger partial charge is 0.454 e. The summed E-state index contributed by atoms with van der Waals surface area (Å²) in [4.78, 5) is 4.31. The molecule has 4 heteroatoms. The lowest BCUT2D eigenvalue weighted by Crippen LogP contribution is -1.89. The molecule has 90 valence electrons. The highest BCUT2D eigenvalue weighted by atomic mass is 35.5. The van der Waals surface area contributed by atoms with Crippen molar-refractivity contribution in [3.05, 3.63) is 47.6 Å². The number of nitrogens with one attached hydrogen (secondary N) is 1. The number of fused-ring (bicyclic) bond motifs is 1. The zero-order valence-electron chi connectivity index (χ0n) is 9.77. The molecule has 0 atom stereocenters. The highest BCUT2D eigenvalue weighted by molar-refractivity contribution is 6.31. The van der Waals surface area contributed by atoms with E-state index in [1.807, 2.05) is 43.4 Å². The number of rotatable bonds is 2. The molecule has 0 radical (unpaired) electrons. The number of aromatic nitrogens is 1. The second-order valence-corrected chi connectivity index (χ2v) is 4.41. The van der Waals surface area contributed by atoms with Gasteiger partial charge in [0.2, 0.25) is 0 Å². The molecule has 1 aromatic carbocycles. The first kappa shape index (κ1) is 11.1. The number of hydrogen-bond acceptors (Lipinski definition) is 3. The van der Waals surface area contributed by atoms with Gasteiger partial charge in [0.15, 0.2) is 5.76 Å². The van der Waals surface area contributed by atoms with Gasteiger partial charge in [-0.15, -0.1) is 0 Å². The van der Waals surface area contributed by atoms with Crippen LogP contribution < -0.4 is 5.32 Å². The second-order valence-electron chi connectivity index (χ2n) is 3.97. The summed E-state index contributed by atoms with van der Waals surface area (Å²) in [6, 6.07) is 11.4. The summed E-state index contributed by atoms with van der Waals surface area (Å²) in [6.07, 6.45) is 1.75. The maximum absolute atomic E-state index is 5.95. The second kappa shape index (κ2) is 4.35.